The number of carboxylic acid groups (broad SMARTS) is 1. The first-order valence-electron chi connectivity index (χ1n) is 7.46. The van der Waals surface area contributed by atoms with Gasteiger partial charge in [-0.05, 0) is 31.5 Å². The molecule has 1 saturated heterocycles. The second-order valence-electron chi connectivity index (χ2n) is 5.41. The molecule has 1 aliphatic rings. The van der Waals surface area contributed by atoms with Crippen LogP contribution < -0.4 is 5.32 Å². The molecule has 1 aromatic rings. The van der Waals surface area contributed by atoms with E-state index in [-0.39, 0.29) is 18.4 Å². The predicted molar refractivity (Wildman–Crippen MR) is 80.2 cm³/mol. The van der Waals surface area contributed by atoms with Crippen molar-refractivity contribution >= 4 is 11.9 Å². The number of hydrogen-bond acceptors (Lipinski definition) is 3. The average molecular weight is 290 g/mol. The van der Waals surface area contributed by atoms with Crippen molar-refractivity contribution in [3.8, 4) is 0 Å². The lowest BCUT2D eigenvalue weighted by Crippen LogP contribution is -2.47. The molecule has 0 spiro atoms. The third-order valence-corrected chi connectivity index (χ3v) is 3.90. The van der Waals surface area contributed by atoms with E-state index in [2.05, 4.69) is 10.2 Å². The average Bonchev–Trinajstić information content (AvgIpc) is 2.52. The number of nitrogens with one attached hydrogen (secondary N) is 1. The Labute approximate surface area is 125 Å². The van der Waals surface area contributed by atoms with Crippen LogP contribution in [0.25, 0.3) is 0 Å². The van der Waals surface area contributed by atoms with Gasteiger partial charge in [-0.2, -0.15) is 0 Å². The van der Waals surface area contributed by atoms with E-state index in [0.29, 0.717) is 18.7 Å². The zero-order valence-corrected chi connectivity index (χ0v) is 12.1. The SMILES string of the molecule is O=C(O)CCN1CCCC[C@H]1CNC(=O)c1ccccc1. The van der Waals surface area contributed by atoms with E-state index in [0.717, 1.165) is 25.8 Å². The number of piperidine rings is 1. The van der Waals surface area contributed by atoms with Gasteiger partial charge in [0.25, 0.3) is 5.91 Å². The Kier molecular flexibility index (Phi) is 5.75. The van der Waals surface area contributed by atoms with E-state index >= 15 is 0 Å². The fourth-order valence-electron chi connectivity index (χ4n) is 2.73. The second-order valence-corrected chi connectivity index (χ2v) is 5.41. The number of amides is 1. The lowest BCUT2D eigenvalue weighted by atomic mass is 10.0. The summed E-state index contributed by atoms with van der Waals surface area (Å²) < 4.78 is 0. The number of carbonyl (C=O) groups excluding carboxylic acids is 1. The fraction of sp³-hybridized carbons (Fsp3) is 0.500. The number of likely N-dealkylation sites (tertiary alicyclic amines) is 1. The highest BCUT2D eigenvalue weighted by molar-refractivity contribution is 5.94. The molecule has 0 bridgehead atoms. The Balaban J connectivity index is 1.84. The number of carbonyl (C=O) groups is 2. The van der Waals surface area contributed by atoms with Crippen LogP contribution in [0, 0.1) is 0 Å². The van der Waals surface area contributed by atoms with E-state index in [1.54, 1.807) is 12.1 Å². The molecule has 21 heavy (non-hydrogen) atoms. The molecule has 1 amide bonds. The summed E-state index contributed by atoms with van der Waals surface area (Å²) in [5, 5.41) is 11.8. The molecule has 1 atom stereocenters. The minimum Gasteiger partial charge on any atom is -0.481 e. The molecule has 0 aliphatic carbocycles. The molecule has 0 radical (unpaired) electrons. The van der Waals surface area contributed by atoms with Crippen molar-refractivity contribution in [1.82, 2.24) is 10.2 Å². The van der Waals surface area contributed by atoms with E-state index in [4.69, 9.17) is 5.11 Å². The van der Waals surface area contributed by atoms with Crippen molar-refractivity contribution in [2.45, 2.75) is 31.7 Å². The van der Waals surface area contributed by atoms with Crippen LogP contribution in [0.1, 0.15) is 36.0 Å². The standard InChI is InChI=1S/C16H22N2O3/c19-15(20)9-11-18-10-5-4-8-14(18)12-17-16(21)13-6-2-1-3-7-13/h1-3,6-7,14H,4-5,8-12H2,(H,17,21)(H,19,20)/t14-/m0/s1. The summed E-state index contributed by atoms with van der Waals surface area (Å²) in [5.41, 5.74) is 0.658. The van der Waals surface area contributed by atoms with Gasteiger partial charge in [0.05, 0.1) is 6.42 Å². The molecule has 1 heterocycles. The molecule has 1 aromatic carbocycles. The molecule has 2 N–H and O–H groups in total. The number of rotatable bonds is 6. The molecule has 5 nitrogen and oxygen atoms in total. The minimum atomic E-state index is -0.771. The van der Waals surface area contributed by atoms with Gasteiger partial charge in [-0.25, -0.2) is 0 Å². The Morgan fingerprint density at radius 2 is 2.00 bits per heavy atom. The summed E-state index contributed by atoms with van der Waals surface area (Å²) in [6.07, 6.45) is 3.40. The Morgan fingerprint density at radius 3 is 2.71 bits per heavy atom. The first-order chi connectivity index (χ1) is 10.2. The topological polar surface area (TPSA) is 69.6 Å². The predicted octanol–water partition coefficient (Wildman–Crippen LogP) is 1.75. The van der Waals surface area contributed by atoms with Crippen LogP contribution in [-0.2, 0) is 4.79 Å². The first-order valence-corrected chi connectivity index (χ1v) is 7.46. The third kappa shape index (κ3) is 4.86. The van der Waals surface area contributed by atoms with Gasteiger partial charge in [-0.3, -0.25) is 14.5 Å². The fourth-order valence-corrected chi connectivity index (χ4v) is 2.73. The Bertz CT molecular complexity index is 476. The molecule has 1 fully saturated rings. The zero-order valence-electron chi connectivity index (χ0n) is 12.1. The smallest absolute Gasteiger partial charge is 0.304 e. The number of carboxylic acids is 1. The maximum atomic E-state index is 12.0. The summed E-state index contributed by atoms with van der Waals surface area (Å²) in [5.74, 6) is -0.841. The molecular formula is C16H22N2O3. The van der Waals surface area contributed by atoms with Crippen molar-refractivity contribution in [2.24, 2.45) is 0 Å². The van der Waals surface area contributed by atoms with Gasteiger partial charge in [0.2, 0.25) is 0 Å². The first kappa shape index (κ1) is 15.5. The van der Waals surface area contributed by atoms with Gasteiger partial charge in [-0.1, -0.05) is 24.6 Å². The monoisotopic (exact) mass is 290 g/mol. The van der Waals surface area contributed by atoms with Crippen molar-refractivity contribution in [3.05, 3.63) is 35.9 Å². The maximum absolute atomic E-state index is 12.0. The number of aliphatic carboxylic acids is 1. The molecule has 0 saturated carbocycles. The number of benzene rings is 1. The van der Waals surface area contributed by atoms with Crippen LogP contribution >= 0.6 is 0 Å². The summed E-state index contributed by atoms with van der Waals surface area (Å²) in [4.78, 5) is 24.9. The molecular weight excluding hydrogens is 268 g/mol. The van der Waals surface area contributed by atoms with Crippen LogP contribution in [0.4, 0.5) is 0 Å². The summed E-state index contributed by atoms with van der Waals surface area (Å²) in [7, 11) is 0. The quantitative estimate of drug-likeness (QED) is 0.837. The van der Waals surface area contributed by atoms with Crippen LogP contribution in [-0.4, -0.2) is 47.6 Å². The van der Waals surface area contributed by atoms with Crippen molar-refractivity contribution in [1.29, 1.82) is 0 Å². The molecule has 2 rings (SSSR count). The number of hydrogen-bond donors (Lipinski definition) is 2. The third-order valence-electron chi connectivity index (χ3n) is 3.90. The molecule has 1 aliphatic heterocycles. The normalized spacial score (nSPS) is 19.1. The van der Waals surface area contributed by atoms with Gasteiger partial charge in [-0.15, -0.1) is 0 Å². The van der Waals surface area contributed by atoms with Gasteiger partial charge < -0.3 is 10.4 Å². The largest absolute Gasteiger partial charge is 0.481 e. The van der Waals surface area contributed by atoms with Crippen molar-refractivity contribution < 1.29 is 14.7 Å². The van der Waals surface area contributed by atoms with Crippen LogP contribution in [0.5, 0.6) is 0 Å². The minimum absolute atomic E-state index is 0.0700. The highest BCUT2D eigenvalue weighted by Crippen LogP contribution is 2.16. The lowest BCUT2D eigenvalue weighted by Gasteiger charge is -2.35. The summed E-state index contributed by atoms with van der Waals surface area (Å²) in [6.45, 7) is 2.05. The van der Waals surface area contributed by atoms with Gasteiger partial charge in [0.1, 0.15) is 0 Å². The van der Waals surface area contributed by atoms with Crippen LogP contribution in [0.15, 0.2) is 30.3 Å². The molecule has 0 aromatic heterocycles. The Morgan fingerprint density at radius 1 is 1.24 bits per heavy atom. The summed E-state index contributed by atoms with van der Waals surface area (Å²) in [6, 6.07) is 9.39. The summed E-state index contributed by atoms with van der Waals surface area (Å²) >= 11 is 0. The molecule has 114 valence electrons. The van der Waals surface area contributed by atoms with Crippen LogP contribution in [0.3, 0.4) is 0 Å². The lowest BCUT2D eigenvalue weighted by molar-refractivity contribution is -0.137. The van der Waals surface area contributed by atoms with Crippen molar-refractivity contribution in [3.63, 3.8) is 0 Å². The van der Waals surface area contributed by atoms with Gasteiger partial charge >= 0.3 is 5.97 Å². The maximum Gasteiger partial charge on any atom is 0.304 e. The van der Waals surface area contributed by atoms with Gasteiger partial charge in [0.15, 0.2) is 0 Å². The van der Waals surface area contributed by atoms with E-state index in [1.807, 2.05) is 18.2 Å². The van der Waals surface area contributed by atoms with Gasteiger partial charge in [0, 0.05) is 24.7 Å². The highest BCUT2D eigenvalue weighted by atomic mass is 16.4. The van der Waals surface area contributed by atoms with Crippen molar-refractivity contribution in [2.75, 3.05) is 19.6 Å². The number of nitrogens with zero attached hydrogens (tertiary/aromatic N) is 1. The van der Waals surface area contributed by atoms with E-state index < -0.39 is 5.97 Å². The molecule has 5 heteroatoms. The highest BCUT2D eigenvalue weighted by Gasteiger charge is 2.23. The molecule has 0 unspecified atom stereocenters. The van der Waals surface area contributed by atoms with E-state index in [1.165, 1.54) is 0 Å². The van der Waals surface area contributed by atoms with Crippen LogP contribution in [0.2, 0.25) is 0 Å². The second kappa shape index (κ2) is 7.78. The van der Waals surface area contributed by atoms with E-state index in [9.17, 15) is 9.59 Å². The zero-order chi connectivity index (χ0) is 15.1. The Hall–Kier alpha value is -1.88.